The van der Waals surface area contributed by atoms with E-state index in [1.165, 1.54) is 44.9 Å². The lowest BCUT2D eigenvalue weighted by atomic mass is 10.1. The number of phosphoric acid groups is 1. The molecule has 0 bridgehead atoms. The number of allylic oxidation sites excluding steroid dienone is 18. The van der Waals surface area contributed by atoms with Crippen molar-refractivity contribution in [3.8, 4) is 0 Å². The maximum absolute atomic E-state index is 12.7. The predicted molar refractivity (Wildman–Crippen MR) is 277 cm³/mol. The third kappa shape index (κ3) is 52.0. The number of esters is 1. The minimum Gasteiger partial charge on any atom is -0.756 e. The number of hydrogen-bond donors (Lipinski definition) is 0. The average molecular weight is 926 g/mol. The van der Waals surface area contributed by atoms with Crippen LogP contribution in [-0.4, -0.2) is 70.7 Å². The van der Waals surface area contributed by atoms with Crippen LogP contribution in [-0.2, 0) is 27.9 Å². The summed E-state index contributed by atoms with van der Waals surface area (Å²) in [5, 5.41) is 0. The first-order valence-corrected chi connectivity index (χ1v) is 27.1. The summed E-state index contributed by atoms with van der Waals surface area (Å²) < 4.78 is 34.7. The van der Waals surface area contributed by atoms with Crippen LogP contribution in [0, 0.1) is 0 Å². The fraction of sp³-hybridized carbons (Fsp3) is 0.661. The number of ether oxygens (including phenoxy) is 2. The standard InChI is InChI=1S/C56H96NO7P/c1-6-8-10-12-14-16-18-20-22-24-25-26-27-28-29-30-31-32-34-36-38-40-42-44-46-48-51-61-53-55(54-63-65(59,60)62-52-50-57(3,4)5)64-56(58)49-47-45-43-41-39-37-35-33-23-21-19-17-15-13-11-9-7-2/h8,10,14-17,20-23,25-26,28-29,31-32,36,38,55H,6-7,9,11-13,18-19,24,27,30,33-35,37,39-54H2,1-5H3/b10-8-,16-14-,17-15-,22-20-,23-21-,26-25-,29-28-,32-31-,38-36-. The molecule has 0 rings (SSSR count). The van der Waals surface area contributed by atoms with E-state index in [9.17, 15) is 14.3 Å². The molecule has 0 saturated heterocycles. The SMILES string of the molecule is CC/C=C\C/C=C\C/C=C\C/C=C\C/C=C\C/C=C\C/C=C\CCCCCCOCC(COP(=O)([O-])OCC[N+](C)(C)C)OC(=O)CCCCCCCCC/C=C\C/C=C\CCCCC. The molecule has 0 amide bonds. The van der Waals surface area contributed by atoms with Crippen molar-refractivity contribution in [2.24, 2.45) is 0 Å². The van der Waals surface area contributed by atoms with Crippen LogP contribution in [0.15, 0.2) is 109 Å². The molecule has 0 radical (unpaired) electrons. The third-order valence-corrected chi connectivity index (χ3v) is 11.3. The Kier molecular flexibility index (Phi) is 45.6. The van der Waals surface area contributed by atoms with Gasteiger partial charge in [-0.05, 0) is 103 Å². The van der Waals surface area contributed by atoms with Gasteiger partial charge in [0.05, 0.1) is 34.4 Å². The lowest BCUT2D eigenvalue weighted by Crippen LogP contribution is -2.37. The van der Waals surface area contributed by atoms with Gasteiger partial charge in [-0.3, -0.25) is 9.36 Å². The molecule has 372 valence electrons. The molecule has 0 aliphatic heterocycles. The Morgan fingerprint density at radius 1 is 0.492 bits per heavy atom. The molecular weight excluding hydrogens is 830 g/mol. The minimum atomic E-state index is -4.55. The van der Waals surface area contributed by atoms with Crippen molar-refractivity contribution >= 4 is 13.8 Å². The van der Waals surface area contributed by atoms with Crippen LogP contribution in [0.3, 0.4) is 0 Å². The summed E-state index contributed by atoms with van der Waals surface area (Å²) in [4.78, 5) is 25.2. The van der Waals surface area contributed by atoms with Gasteiger partial charge in [-0.2, -0.15) is 0 Å². The Hall–Kier alpha value is -2.84. The highest BCUT2D eigenvalue weighted by molar-refractivity contribution is 7.45. The Labute approximate surface area is 400 Å². The fourth-order valence-electron chi connectivity index (χ4n) is 6.38. The van der Waals surface area contributed by atoms with Crippen LogP contribution in [0.1, 0.15) is 181 Å². The lowest BCUT2D eigenvalue weighted by Gasteiger charge is -2.28. The van der Waals surface area contributed by atoms with Gasteiger partial charge in [0.1, 0.15) is 19.3 Å². The summed E-state index contributed by atoms with van der Waals surface area (Å²) in [5.74, 6) is -0.356. The van der Waals surface area contributed by atoms with Crippen LogP contribution in [0.5, 0.6) is 0 Å². The molecule has 9 heteroatoms. The van der Waals surface area contributed by atoms with Crippen LogP contribution >= 0.6 is 7.82 Å². The molecule has 2 atom stereocenters. The van der Waals surface area contributed by atoms with Crippen molar-refractivity contribution in [2.75, 3.05) is 54.1 Å². The zero-order valence-corrected chi connectivity index (χ0v) is 43.0. The van der Waals surface area contributed by atoms with E-state index in [0.29, 0.717) is 24.1 Å². The van der Waals surface area contributed by atoms with E-state index >= 15 is 0 Å². The Balaban J connectivity index is 4.25. The van der Waals surface area contributed by atoms with E-state index in [4.69, 9.17) is 18.5 Å². The molecule has 0 fully saturated rings. The highest BCUT2D eigenvalue weighted by Crippen LogP contribution is 2.38. The number of likely N-dealkylation sites (N-methyl/N-ethyl adjacent to an activating group) is 1. The normalized spacial score (nSPS) is 14.5. The predicted octanol–water partition coefficient (Wildman–Crippen LogP) is 15.3. The van der Waals surface area contributed by atoms with Crippen molar-refractivity contribution in [3.05, 3.63) is 109 Å². The highest BCUT2D eigenvalue weighted by Gasteiger charge is 2.20. The second-order valence-corrected chi connectivity index (χ2v) is 19.2. The largest absolute Gasteiger partial charge is 0.756 e. The van der Waals surface area contributed by atoms with Gasteiger partial charge in [0.25, 0.3) is 7.82 Å². The highest BCUT2D eigenvalue weighted by atomic mass is 31.2. The fourth-order valence-corrected chi connectivity index (χ4v) is 7.11. The molecule has 65 heavy (non-hydrogen) atoms. The van der Waals surface area contributed by atoms with Crippen LogP contribution in [0.4, 0.5) is 0 Å². The Morgan fingerprint density at radius 2 is 0.892 bits per heavy atom. The Bertz CT molecular complexity index is 1400. The third-order valence-electron chi connectivity index (χ3n) is 10.3. The van der Waals surface area contributed by atoms with Gasteiger partial charge in [-0.25, -0.2) is 0 Å². The zero-order chi connectivity index (χ0) is 47.6. The van der Waals surface area contributed by atoms with E-state index in [2.05, 4.69) is 123 Å². The second kappa shape index (κ2) is 47.6. The quantitative estimate of drug-likeness (QED) is 0.0197. The van der Waals surface area contributed by atoms with Crippen LogP contribution < -0.4 is 4.89 Å². The first-order chi connectivity index (χ1) is 31.6. The van der Waals surface area contributed by atoms with Crippen molar-refractivity contribution < 1.29 is 37.3 Å². The molecular formula is C56H96NO7P. The van der Waals surface area contributed by atoms with Gasteiger partial charge in [-0.1, -0.05) is 181 Å². The first kappa shape index (κ1) is 62.2. The summed E-state index contributed by atoms with van der Waals surface area (Å²) >= 11 is 0. The summed E-state index contributed by atoms with van der Waals surface area (Å²) in [5.41, 5.74) is 0. The molecule has 2 unspecified atom stereocenters. The lowest BCUT2D eigenvalue weighted by molar-refractivity contribution is -0.870. The van der Waals surface area contributed by atoms with Crippen molar-refractivity contribution in [1.82, 2.24) is 0 Å². The molecule has 0 saturated carbocycles. The number of phosphoric ester groups is 1. The number of carbonyl (C=O) groups is 1. The molecule has 8 nitrogen and oxygen atoms in total. The van der Waals surface area contributed by atoms with Crippen molar-refractivity contribution in [2.45, 2.75) is 187 Å². The number of nitrogens with zero attached hydrogens (tertiary/aromatic N) is 1. The minimum absolute atomic E-state index is 0.0126. The van der Waals surface area contributed by atoms with Gasteiger partial charge in [0, 0.05) is 13.0 Å². The van der Waals surface area contributed by atoms with Gasteiger partial charge < -0.3 is 27.9 Å². The maximum atomic E-state index is 12.7. The zero-order valence-electron chi connectivity index (χ0n) is 42.1. The smallest absolute Gasteiger partial charge is 0.306 e. The molecule has 0 aromatic rings. The topological polar surface area (TPSA) is 94.1 Å². The van der Waals surface area contributed by atoms with Crippen molar-refractivity contribution in [1.29, 1.82) is 0 Å². The van der Waals surface area contributed by atoms with Crippen molar-refractivity contribution in [3.63, 3.8) is 0 Å². The van der Waals surface area contributed by atoms with Crippen LogP contribution in [0.25, 0.3) is 0 Å². The van der Waals surface area contributed by atoms with E-state index in [1.807, 2.05) is 21.1 Å². The van der Waals surface area contributed by atoms with Gasteiger partial charge in [-0.15, -0.1) is 0 Å². The molecule has 0 aliphatic rings. The summed E-state index contributed by atoms with van der Waals surface area (Å²) in [6.07, 6.45) is 66.8. The Morgan fingerprint density at radius 3 is 1.34 bits per heavy atom. The molecule has 0 aromatic heterocycles. The van der Waals surface area contributed by atoms with E-state index in [1.54, 1.807) is 0 Å². The van der Waals surface area contributed by atoms with Gasteiger partial charge in [0.15, 0.2) is 0 Å². The van der Waals surface area contributed by atoms with E-state index < -0.39 is 13.9 Å². The number of quaternary nitrogens is 1. The summed E-state index contributed by atoms with van der Waals surface area (Å²) in [6.45, 7) is 5.17. The molecule has 0 heterocycles. The summed E-state index contributed by atoms with van der Waals surface area (Å²) in [7, 11) is 1.31. The number of rotatable bonds is 46. The van der Waals surface area contributed by atoms with Crippen LogP contribution in [0.2, 0.25) is 0 Å². The van der Waals surface area contributed by atoms with E-state index in [0.717, 1.165) is 116 Å². The number of unbranched alkanes of at least 4 members (excludes halogenated alkanes) is 14. The summed E-state index contributed by atoms with van der Waals surface area (Å²) in [6, 6.07) is 0. The molecule has 0 aromatic carbocycles. The molecule has 0 spiro atoms. The first-order valence-electron chi connectivity index (χ1n) is 25.6. The number of hydrogen-bond acceptors (Lipinski definition) is 7. The second-order valence-electron chi connectivity index (χ2n) is 17.8. The van der Waals surface area contributed by atoms with E-state index in [-0.39, 0.29) is 25.8 Å². The molecule has 0 N–H and O–H groups in total. The molecule has 0 aliphatic carbocycles. The van der Waals surface area contributed by atoms with Gasteiger partial charge in [0.2, 0.25) is 0 Å². The monoisotopic (exact) mass is 926 g/mol. The van der Waals surface area contributed by atoms with Gasteiger partial charge >= 0.3 is 5.97 Å². The number of carbonyl (C=O) groups excluding carboxylic acids is 1. The maximum Gasteiger partial charge on any atom is 0.306 e. The average Bonchev–Trinajstić information content (AvgIpc) is 3.27.